The Morgan fingerprint density at radius 3 is 2.57 bits per heavy atom. The fourth-order valence-corrected chi connectivity index (χ4v) is 4.38. The lowest BCUT2D eigenvalue weighted by Gasteiger charge is -2.40. The van der Waals surface area contributed by atoms with Gasteiger partial charge in [0.15, 0.2) is 0 Å². The monoisotopic (exact) mass is 321 g/mol. The van der Waals surface area contributed by atoms with Gasteiger partial charge in [0, 0.05) is 18.2 Å². The Labute approximate surface area is 127 Å². The zero-order valence-electron chi connectivity index (χ0n) is 11.9. The van der Waals surface area contributed by atoms with Crippen LogP contribution in [0.4, 0.5) is 0 Å². The highest BCUT2D eigenvalue weighted by atomic mass is 32.2. The van der Waals surface area contributed by atoms with Crippen LogP contribution >= 0.6 is 11.8 Å². The van der Waals surface area contributed by atoms with Crippen molar-refractivity contribution in [3.05, 3.63) is 0 Å². The maximum Gasteiger partial charge on any atom is 0.217 e. The molecule has 7 atom stereocenters. The summed E-state index contributed by atoms with van der Waals surface area (Å²) >= 11 is 1.39. The largest absolute Gasteiger partial charge is 0.394 e. The molecule has 0 aromatic rings. The van der Waals surface area contributed by atoms with Crippen LogP contribution in [0.15, 0.2) is 0 Å². The smallest absolute Gasteiger partial charge is 0.217 e. The summed E-state index contributed by atoms with van der Waals surface area (Å²) in [5.74, 6) is -0.0570. The van der Waals surface area contributed by atoms with Gasteiger partial charge in [0.1, 0.15) is 29.9 Å². The van der Waals surface area contributed by atoms with Crippen molar-refractivity contribution in [2.75, 3.05) is 6.61 Å². The zero-order chi connectivity index (χ0) is 15.6. The van der Waals surface area contributed by atoms with Gasteiger partial charge in [-0.15, -0.1) is 11.8 Å². The second-order valence-electron chi connectivity index (χ2n) is 5.67. The van der Waals surface area contributed by atoms with Crippen LogP contribution in [0.2, 0.25) is 0 Å². The number of amides is 1. The van der Waals surface area contributed by atoms with Gasteiger partial charge in [-0.05, 0) is 19.3 Å². The zero-order valence-corrected chi connectivity index (χ0v) is 12.7. The van der Waals surface area contributed by atoms with Crippen molar-refractivity contribution in [2.45, 2.75) is 67.3 Å². The third-order valence-electron chi connectivity index (χ3n) is 3.97. The van der Waals surface area contributed by atoms with Crippen LogP contribution in [0.25, 0.3) is 0 Å². The van der Waals surface area contributed by atoms with E-state index in [2.05, 4.69) is 5.32 Å². The normalized spacial score (nSPS) is 43.8. The summed E-state index contributed by atoms with van der Waals surface area (Å²) in [7, 11) is 0. The van der Waals surface area contributed by atoms with E-state index < -0.39 is 36.5 Å². The van der Waals surface area contributed by atoms with Crippen LogP contribution in [0.1, 0.15) is 26.2 Å². The molecule has 122 valence electrons. The number of nitrogens with one attached hydrogen (secondary N) is 1. The van der Waals surface area contributed by atoms with E-state index >= 15 is 0 Å². The summed E-state index contributed by atoms with van der Waals surface area (Å²) in [6.07, 6.45) is -2.20. The molecule has 1 saturated carbocycles. The minimum atomic E-state index is -1.33. The van der Waals surface area contributed by atoms with Crippen molar-refractivity contribution in [1.82, 2.24) is 5.32 Å². The number of aliphatic hydroxyl groups excluding tert-OH is 4. The molecular weight excluding hydrogens is 298 g/mol. The molecule has 5 N–H and O–H groups in total. The number of aliphatic hydroxyl groups is 4. The van der Waals surface area contributed by atoms with Gasteiger partial charge in [0.05, 0.1) is 6.61 Å². The molecule has 0 spiro atoms. The first kappa shape index (κ1) is 17.0. The second-order valence-corrected chi connectivity index (χ2v) is 7.07. The van der Waals surface area contributed by atoms with E-state index in [1.807, 2.05) is 0 Å². The summed E-state index contributed by atoms with van der Waals surface area (Å²) in [5, 5.41) is 41.7. The number of carbonyl (C=O) groups is 1. The topological polar surface area (TPSA) is 119 Å². The van der Waals surface area contributed by atoms with E-state index in [4.69, 9.17) is 9.84 Å². The maximum absolute atomic E-state index is 11.0. The van der Waals surface area contributed by atoms with Crippen LogP contribution in [0.3, 0.4) is 0 Å². The van der Waals surface area contributed by atoms with Gasteiger partial charge < -0.3 is 30.5 Å². The Bertz CT molecular complexity index is 369. The number of rotatable bonds is 4. The molecule has 1 heterocycles. The quantitative estimate of drug-likeness (QED) is 0.431. The Morgan fingerprint density at radius 1 is 1.24 bits per heavy atom. The molecule has 1 aliphatic heterocycles. The maximum atomic E-state index is 11.0. The third-order valence-corrected chi connectivity index (χ3v) is 5.44. The lowest BCUT2D eigenvalue weighted by molar-refractivity contribution is -0.205. The minimum absolute atomic E-state index is 0.0570. The number of thioether (sulfide) groups is 1. The number of hydrogen-bond donors (Lipinski definition) is 5. The van der Waals surface area contributed by atoms with E-state index in [0.717, 1.165) is 19.3 Å². The van der Waals surface area contributed by atoms with Crippen LogP contribution in [-0.2, 0) is 9.53 Å². The SMILES string of the molecule is CC(=O)NC1CCC(S[C@@H]2OC(CO)[C@H](O)C(O)C2O)C1. The van der Waals surface area contributed by atoms with Crippen molar-refractivity contribution < 1.29 is 30.0 Å². The molecule has 2 fully saturated rings. The van der Waals surface area contributed by atoms with Gasteiger partial charge in [-0.2, -0.15) is 0 Å². The Balaban J connectivity index is 1.89. The first-order chi connectivity index (χ1) is 9.92. The first-order valence-electron chi connectivity index (χ1n) is 7.15. The third kappa shape index (κ3) is 4.08. The number of ether oxygens (including phenoxy) is 1. The highest BCUT2D eigenvalue weighted by molar-refractivity contribution is 8.00. The molecule has 0 radical (unpaired) electrons. The lowest BCUT2D eigenvalue weighted by Crippen LogP contribution is -2.57. The van der Waals surface area contributed by atoms with Gasteiger partial charge >= 0.3 is 0 Å². The standard InChI is InChI=1S/C13H23NO6S/c1-6(16)14-7-2-3-8(4-7)21-13-12(19)11(18)10(17)9(5-15)20-13/h7-13,15,17-19H,2-5H2,1H3,(H,14,16)/t7?,8?,9?,10-,11?,12?,13-/m0/s1. The highest BCUT2D eigenvalue weighted by Gasteiger charge is 2.44. The predicted molar refractivity (Wildman–Crippen MR) is 76.6 cm³/mol. The van der Waals surface area contributed by atoms with E-state index in [-0.39, 0.29) is 17.2 Å². The highest BCUT2D eigenvalue weighted by Crippen LogP contribution is 2.37. The van der Waals surface area contributed by atoms with Crippen molar-refractivity contribution in [1.29, 1.82) is 0 Å². The summed E-state index contributed by atoms with van der Waals surface area (Å²) < 4.78 is 5.47. The summed E-state index contributed by atoms with van der Waals surface area (Å²) in [6, 6.07) is 0.130. The van der Waals surface area contributed by atoms with E-state index in [1.165, 1.54) is 18.7 Å². The Hall–Kier alpha value is -0.380. The minimum Gasteiger partial charge on any atom is -0.394 e. The van der Waals surface area contributed by atoms with Gasteiger partial charge in [-0.25, -0.2) is 0 Å². The molecule has 7 nitrogen and oxygen atoms in total. The van der Waals surface area contributed by atoms with Gasteiger partial charge in [0.2, 0.25) is 5.91 Å². The summed E-state index contributed by atoms with van der Waals surface area (Å²) in [5.41, 5.74) is -0.693. The first-order valence-corrected chi connectivity index (χ1v) is 8.09. The number of carbonyl (C=O) groups excluding carboxylic acids is 1. The van der Waals surface area contributed by atoms with Crippen molar-refractivity contribution >= 4 is 17.7 Å². The molecule has 5 unspecified atom stereocenters. The molecule has 2 rings (SSSR count). The van der Waals surface area contributed by atoms with Crippen LogP contribution in [-0.4, -0.2) is 74.1 Å². The van der Waals surface area contributed by atoms with Gasteiger partial charge in [-0.1, -0.05) is 0 Å². The molecule has 0 aromatic carbocycles. The van der Waals surface area contributed by atoms with Crippen molar-refractivity contribution in [2.24, 2.45) is 0 Å². The van der Waals surface area contributed by atoms with Crippen molar-refractivity contribution in [3.8, 4) is 0 Å². The van der Waals surface area contributed by atoms with Crippen LogP contribution in [0.5, 0.6) is 0 Å². The average molecular weight is 321 g/mol. The van der Waals surface area contributed by atoms with Crippen molar-refractivity contribution in [3.63, 3.8) is 0 Å². The fraction of sp³-hybridized carbons (Fsp3) is 0.923. The molecule has 2 aliphatic rings. The molecule has 21 heavy (non-hydrogen) atoms. The molecule has 1 aliphatic carbocycles. The van der Waals surface area contributed by atoms with Gasteiger partial charge in [-0.3, -0.25) is 4.79 Å². The summed E-state index contributed by atoms with van der Waals surface area (Å²) in [4.78, 5) is 11.0. The van der Waals surface area contributed by atoms with E-state index in [1.54, 1.807) is 0 Å². The van der Waals surface area contributed by atoms with E-state index in [9.17, 15) is 20.1 Å². The fourth-order valence-electron chi connectivity index (χ4n) is 2.85. The van der Waals surface area contributed by atoms with Crippen LogP contribution in [0, 0.1) is 0 Å². The van der Waals surface area contributed by atoms with E-state index in [0.29, 0.717) is 0 Å². The molecule has 8 heteroatoms. The Kier molecular flexibility index (Phi) is 5.87. The molecule has 1 saturated heterocycles. The number of hydrogen-bond acceptors (Lipinski definition) is 7. The molecule has 1 amide bonds. The second kappa shape index (κ2) is 7.26. The molecule has 0 aromatic heterocycles. The summed E-state index contributed by atoms with van der Waals surface area (Å²) in [6.45, 7) is 1.07. The predicted octanol–water partition coefficient (Wildman–Crippen LogP) is -1.42. The van der Waals surface area contributed by atoms with Crippen LogP contribution < -0.4 is 5.32 Å². The van der Waals surface area contributed by atoms with Gasteiger partial charge in [0.25, 0.3) is 0 Å². The lowest BCUT2D eigenvalue weighted by atomic mass is 10.0. The molecular formula is C13H23NO6S. The molecule has 0 bridgehead atoms. The average Bonchev–Trinajstić information content (AvgIpc) is 2.86. The Morgan fingerprint density at radius 2 is 1.95 bits per heavy atom.